The van der Waals surface area contributed by atoms with Crippen molar-refractivity contribution in [3.05, 3.63) is 0 Å². The van der Waals surface area contributed by atoms with Gasteiger partial charge in [-0.25, -0.2) is 0 Å². The molecule has 0 unspecified atom stereocenters. The summed E-state index contributed by atoms with van der Waals surface area (Å²) < 4.78 is 0.187. The van der Waals surface area contributed by atoms with Crippen molar-refractivity contribution in [2.24, 2.45) is 0 Å². The van der Waals surface area contributed by atoms with Crippen molar-refractivity contribution in [3.8, 4) is 0 Å². The van der Waals surface area contributed by atoms with Gasteiger partial charge in [-0.1, -0.05) is 0 Å². The third-order valence-corrected chi connectivity index (χ3v) is 11.6. The molecule has 0 N–H and O–H groups in total. The first kappa shape index (κ1) is 12.0. The van der Waals surface area contributed by atoms with Gasteiger partial charge in [-0.05, 0) is 28.2 Å². The van der Waals surface area contributed by atoms with E-state index in [9.17, 15) is 0 Å². The SMILES string of the molecule is C[N+]1(C)[B-](Br)(Br)[N+](C)(C)[B-]1(Br)Br. The molecule has 1 rings (SSSR count). The topological polar surface area (TPSA) is 0 Å². The molecule has 0 atom stereocenters. The molecular formula is C4H12B2Br4N2. The van der Waals surface area contributed by atoms with Gasteiger partial charge in [-0.2, -0.15) is 63.0 Å². The third kappa shape index (κ3) is 0.999. The zero-order chi connectivity index (χ0) is 10.0. The Morgan fingerprint density at radius 2 is 0.833 bits per heavy atom. The molecule has 12 heavy (non-hydrogen) atoms. The first-order valence-corrected chi connectivity index (χ1v) is 7.36. The van der Waals surface area contributed by atoms with Crippen LogP contribution in [0.2, 0.25) is 0 Å². The van der Waals surface area contributed by atoms with Crippen molar-refractivity contribution in [2.45, 2.75) is 0 Å². The van der Waals surface area contributed by atoms with Crippen molar-refractivity contribution >= 4 is 71.2 Å². The molecule has 0 aliphatic carbocycles. The monoisotopic (exact) mass is 426 g/mol. The van der Waals surface area contributed by atoms with E-state index in [-0.39, 0.29) is 0 Å². The molecule has 2 nitrogen and oxygen atoms in total. The van der Waals surface area contributed by atoms with Crippen LogP contribution in [0.5, 0.6) is 0 Å². The van der Waals surface area contributed by atoms with Gasteiger partial charge in [0, 0.05) is 0 Å². The minimum Gasteiger partial charge on any atom is -0.579 e. The summed E-state index contributed by atoms with van der Waals surface area (Å²) in [6, 6.07) is 0. The molecular weight excluding hydrogens is 417 g/mol. The number of nitrogens with zero attached hydrogens (tertiary/aromatic N) is 2. The second kappa shape index (κ2) is 2.76. The van der Waals surface area contributed by atoms with E-state index in [1.807, 2.05) is 0 Å². The number of hydrogen-bond acceptors (Lipinski definition) is 0. The van der Waals surface area contributed by atoms with E-state index in [1.165, 1.54) is 0 Å². The molecule has 1 heterocycles. The Morgan fingerprint density at radius 3 is 0.917 bits per heavy atom. The molecule has 8 heteroatoms. The number of hydrogen-bond donors (Lipinski definition) is 0. The lowest BCUT2D eigenvalue weighted by atomic mass is 9.65. The fraction of sp³-hybridized carbons (Fsp3) is 1.00. The van der Waals surface area contributed by atoms with Gasteiger partial charge < -0.3 is 8.61 Å². The molecule has 1 fully saturated rings. The van der Waals surface area contributed by atoms with Crippen molar-refractivity contribution in [1.82, 2.24) is 0 Å². The lowest BCUT2D eigenvalue weighted by molar-refractivity contribution is -0.905. The Hall–Kier alpha value is 1.97. The fourth-order valence-electron chi connectivity index (χ4n) is 1.90. The molecule has 1 aliphatic rings. The van der Waals surface area contributed by atoms with E-state index in [2.05, 4.69) is 91.2 Å². The van der Waals surface area contributed by atoms with Crippen molar-refractivity contribution in [1.29, 1.82) is 0 Å². The van der Waals surface area contributed by atoms with Crippen LogP contribution in [-0.4, -0.2) is 44.9 Å². The van der Waals surface area contributed by atoms with Crippen molar-refractivity contribution in [2.75, 3.05) is 28.2 Å². The minimum atomic E-state index is -0.788. The second-order valence-electron chi connectivity index (χ2n) is 4.43. The van der Waals surface area contributed by atoms with E-state index in [4.69, 9.17) is 0 Å². The lowest BCUT2D eigenvalue weighted by Crippen LogP contribution is -2.98. The summed E-state index contributed by atoms with van der Waals surface area (Å²) in [6.45, 7) is 0. The van der Waals surface area contributed by atoms with Gasteiger partial charge in [-0.3, -0.25) is 0 Å². The van der Waals surface area contributed by atoms with E-state index in [0.29, 0.717) is 0 Å². The van der Waals surface area contributed by atoms with Crippen LogP contribution in [0.25, 0.3) is 0 Å². The highest BCUT2D eigenvalue weighted by Gasteiger charge is 2.72. The zero-order valence-electron chi connectivity index (χ0n) is 7.56. The van der Waals surface area contributed by atoms with Gasteiger partial charge in [0.25, 0.3) is 0 Å². The first-order chi connectivity index (χ1) is 5.00. The van der Waals surface area contributed by atoms with Crippen LogP contribution in [0, 0.1) is 0 Å². The standard InChI is InChI=1S/C4H12B2Br4N2/c1-11(2)5(7,8)12(3,4)6(11,9)10/h1-4H3. The Bertz CT molecular complexity index is 163. The summed E-state index contributed by atoms with van der Waals surface area (Å²) >= 11 is 15.0. The van der Waals surface area contributed by atoms with Gasteiger partial charge in [0.15, 0.2) is 0 Å². The Labute approximate surface area is 107 Å². The fourth-order valence-corrected chi connectivity index (χ4v) is 7.17. The van der Waals surface area contributed by atoms with Gasteiger partial charge in [0.05, 0.1) is 0 Å². The van der Waals surface area contributed by atoms with E-state index < -0.39 is 8.13 Å². The molecule has 0 aromatic heterocycles. The molecule has 0 aromatic rings. The molecule has 1 aliphatic heterocycles. The van der Waals surface area contributed by atoms with Crippen LogP contribution in [-0.2, 0) is 0 Å². The van der Waals surface area contributed by atoms with Gasteiger partial charge in [-0.15, -0.1) is 0 Å². The summed E-state index contributed by atoms with van der Waals surface area (Å²) in [7, 11) is 8.76. The maximum atomic E-state index is 3.76. The van der Waals surface area contributed by atoms with Crippen LogP contribution in [0.1, 0.15) is 0 Å². The molecule has 72 valence electrons. The molecule has 1 saturated heterocycles. The molecule has 0 aromatic carbocycles. The quantitative estimate of drug-likeness (QED) is 0.520. The van der Waals surface area contributed by atoms with Crippen molar-refractivity contribution in [3.63, 3.8) is 0 Å². The molecule has 0 bridgehead atoms. The van der Waals surface area contributed by atoms with Crippen LogP contribution < -0.4 is 0 Å². The second-order valence-corrected chi connectivity index (χ2v) is 12.0. The lowest BCUT2D eigenvalue weighted by Gasteiger charge is -2.85. The predicted octanol–water partition coefficient (Wildman–Crippen LogP) is 2.60. The van der Waals surface area contributed by atoms with Gasteiger partial charge >= 0.3 is 8.13 Å². The summed E-state index contributed by atoms with van der Waals surface area (Å²) in [5.41, 5.74) is 0. The average Bonchev–Trinajstić information content (AvgIpc) is 1.84. The maximum Gasteiger partial charge on any atom is 0.456 e. The normalized spacial score (nSPS) is 34.0. The van der Waals surface area contributed by atoms with Gasteiger partial charge in [0.2, 0.25) is 0 Å². The summed E-state index contributed by atoms with van der Waals surface area (Å²) in [4.78, 5) is 0. The highest BCUT2D eigenvalue weighted by Crippen LogP contribution is 2.59. The minimum absolute atomic E-state index is 0.788. The third-order valence-electron chi connectivity index (χ3n) is 3.20. The van der Waals surface area contributed by atoms with E-state index >= 15 is 0 Å². The molecule has 0 amide bonds. The number of rotatable bonds is 0. The van der Waals surface area contributed by atoms with Crippen LogP contribution in [0.15, 0.2) is 0 Å². The Morgan fingerprint density at radius 1 is 0.667 bits per heavy atom. The molecule has 0 radical (unpaired) electrons. The van der Waals surface area contributed by atoms with Gasteiger partial charge in [0.1, 0.15) is 0 Å². The van der Waals surface area contributed by atoms with E-state index in [1.54, 1.807) is 0 Å². The van der Waals surface area contributed by atoms with Crippen LogP contribution in [0.3, 0.4) is 0 Å². The number of quaternary nitrogens is 2. The van der Waals surface area contributed by atoms with Crippen LogP contribution in [0.4, 0.5) is 0 Å². The summed E-state index contributed by atoms with van der Waals surface area (Å²) in [5.74, 6) is 0. The van der Waals surface area contributed by atoms with Crippen molar-refractivity contribution < 1.29 is 8.61 Å². The number of halogens is 4. The smallest absolute Gasteiger partial charge is 0.456 e. The molecule has 0 spiro atoms. The van der Waals surface area contributed by atoms with Crippen LogP contribution >= 0.6 is 63.0 Å². The predicted molar refractivity (Wildman–Crippen MR) is 71.4 cm³/mol. The highest BCUT2D eigenvalue weighted by atomic mass is 79.9. The highest BCUT2D eigenvalue weighted by molar-refractivity contribution is 9.53. The Balaban J connectivity index is 3.16. The molecule has 0 saturated carbocycles. The largest absolute Gasteiger partial charge is 0.579 e. The average molecular weight is 429 g/mol. The summed E-state index contributed by atoms with van der Waals surface area (Å²) in [6.07, 6.45) is 0. The first-order valence-electron chi connectivity index (χ1n) is 3.69. The summed E-state index contributed by atoms with van der Waals surface area (Å²) in [5, 5.41) is 0. The maximum absolute atomic E-state index is 3.76. The zero-order valence-corrected chi connectivity index (χ0v) is 13.9. The Kier molecular flexibility index (Phi) is 2.76. The van der Waals surface area contributed by atoms with E-state index in [0.717, 1.165) is 8.61 Å².